The fraction of sp³-hybridized carbons (Fsp3) is 0.522. The summed E-state index contributed by atoms with van der Waals surface area (Å²) in [5, 5.41) is 5.77. The van der Waals surface area contributed by atoms with Gasteiger partial charge >= 0.3 is 0 Å². The molecule has 2 aliphatic heterocycles. The Bertz CT molecular complexity index is 1160. The lowest BCUT2D eigenvalue weighted by atomic mass is 9.96. The molecule has 0 saturated carbocycles. The molecule has 2 amide bonds. The van der Waals surface area contributed by atoms with Crippen molar-refractivity contribution in [1.82, 2.24) is 15.0 Å². The van der Waals surface area contributed by atoms with Crippen LogP contribution in [0.2, 0.25) is 0 Å². The fourth-order valence-corrected chi connectivity index (χ4v) is 4.13. The van der Waals surface area contributed by atoms with E-state index in [4.69, 9.17) is 9.47 Å². The summed E-state index contributed by atoms with van der Waals surface area (Å²) < 4.78 is 12.0. The van der Waals surface area contributed by atoms with E-state index >= 15 is 0 Å². The fourth-order valence-electron chi connectivity index (χ4n) is 4.13. The van der Waals surface area contributed by atoms with E-state index < -0.39 is 34.8 Å². The molecule has 0 spiro atoms. The molecule has 0 aromatic carbocycles. The third kappa shape index (κ3) is 4.53. The molecule has 0 aliphatic carbocycles. The Morgan fingerprint density at radius 3 is 2.59 bits per heavy atom. The van der Waals surface area contributed by atoms with E-state index in [-0.39, 0.29) is 36.0 Å². The first-order chi connectivity index (χ1) is 15.9. The molecule has 1 saturated heterocycles. The van der Waals surface area contributed by atoms with Crippen LogP contribution in [0.15, 0.2) is 29.3 Å². The number of hydrogen-bond acceptors (Lipinski definition) is 8. The average Bonchev–Trinajstić information content (AvgIpc) is 3.04. The maximum Gasteiger partial charge on any atom is 0.278 e. The summed E-state index contributed by atoms with van der Waals surface area (Å²) in [4.78, 5) is 51.7. The van der Waals surface area contributed by atoms with E-state index in [0.717, 1.165) is 0 Å². The third-order valence-electron chi connectivity index (χ3n) is 5.72. The number of pyridine rings is 1. The molecule has 0 unspecified atom stereocenters. The number of aromatic amines is 1. The normalized spacial score (nSPS) is 23.7. The van der Waals surface area contributed by atoms with Gasteiger partial charge in [0.15, 0.2) is 17.3 Å². The molecule has 0 bridgehead atoms. The number of ether oxygens (including phenoxy) is 2. The molecular formula is C23H30N6O5. The molecule has 11 heteroatoms. The van der Waals surface area contributed by atoms with Gasteiger partial charge in [0.2, 0.25) is 11.9 Å². The number of rotatable bonds is 3. The molecule has 2 aromatic heterocycles. The predicted molar refractivity (Wildman–Crippen MR) is 126 cm³/mol. The van der Waals surface area contributed by atoms with Crippen LogP contribution in [-0.2, 0) is 14.3 Å². The maximum atomic E-state index is 13.7. The lowest BCUT2D eigenvalue weighted by molar-refractivity contribution is -0.146. The summed E-state index contributed by atoms with van der Waals surface area (Å²) in [5.74, 6) is -1.37. The van der Waals surface area contributed by atoms with Gasteiger partial charge in [0, 0.05) is 24.4 Å². The molecule has 2 aromatic rings. The van der Waals surface area contributed by atoms with Gasteiger partial charge in [-0.3, -0.25) is 34.6 Å². The zero-order valence-corrected chi connectivity index (χ0v) is 20.1. The first kappa shape index (κ1) is 23.8. The molecule has 34 heavy (non-hydrogen) atoms. The number of carbonyl (C=O) groups excluding carboxylic acids is 2. The highest BCUT2D eigenvalue weighted by molar-refractivity contribution is 6.08. The number of anilines is 3. The number of nitrogens with zero attached hydrogens (tertiary/aromatic N) is 3. The molecule has 4 rings (SSSR count). The van der Waals surface area contributed by atoms with Crippen molar-refractivity contribution < 1.29 is 19.1 Å². The van der Waals surface area contributed by atoms with Gasteiger partial charge in [-0.05, 0) is 32.9 Å². The average molecular weight is 471 g/mol. The van der Waals surface area contributed by atoms with Crippen LogP contribution in [0.3, 0.4) is 0 Å². The SMILES string of the molecule is C[C@@H]1OC(C)(C)O[C@H]1[C@H]1CNc2nc(NC(=O)C(C)(C)C)[nH]c(=O)c2N1C(=O)c1cccnc1. The summed E-state index contributed by atoms with van der Waals surface area (Å²) >= 11 is 0. The van der Waals surface area contributed by atoms with Crippen LogP contribution < -0.4 is 21.1 Å². The summed E-state index contributed by atoms with van der Waals surface area (Å²) in [6.07, 6.45) is 2.18. The largest absolute Gasteiger partial charge is 0.366 e. The first-order valence-corrected chi connectivity index (χ1v) is 11.2. The van der Waals surface area contributed by atoms with Crippen molar-refractivity contribution in [2.45, 2.75) is 65.6 Å². The second kappa shape index (κ2) is 8.48. The minimum Gasteiger partial charge on any atom is -0.366 e. The molecule has 0 radical (unpaired) electrons. The van der Waals surface area contributed by atoms with Crippen LogP contribution in [0.4, 0.5) is 17.5 Å². The summed E-state index contributed by atoms with van der Waals surface area (Å²) in [6.45, 7) is 11.0. The highest BCUT2D eigenvalue weighted by Crippen LogP contribution is 2.36. The number of hydrogen-bond donors (Lipinski definition) is 3. The Labute approximate surface area is 197 Å². The number of H-pyrrole nitrogens is 1. The van der Waals surface area contributed by atoms with Crippen LogP contribution in [-0.4, -0.2) is 57.3 Å². The molecule has 11 nitrogen and oxygen atoms in total. The standard InChI is InChI=1S/C23H30N6O5/c1-12-16(34-23(5,6)33-12)14-11-25-17-15(29(14)19(31)13-8-7-9-24-10-13)18(30)27-21(26-17)28-20(32)22(2,3)4/h7-10,12,14,16H,11H2,1-6H3,(H3,25,26,27,28,30,32)/t12-,14+,16+/m0/s1. The van der Waals surface area contributed by atoms with Gasteiger partial charge in [0.25, 0.3) is 11.5 Å². The van der Waals surface area contributed by atoms with Gasteiger partial charge in [-0.25, -0.2) is 0 Å². The van der Waals surface area contributed by atoms with Gasteiger partial charge in [-0.15, -0.1) is 0 Å². The van der Waals surface area contributed by atoms with Crippen LogP contribution in [0.5, 0.6) is 0 Å². The number of carbonyl (C=O) groups is 2. The Balaban J connectivity index is 1.77. The van der Waals surface area contributed by atoms with Gasteiger partial charge in [0.05, 0.1) is 17.7 Å². The zero-order chi connectivity index (χ0) is 24.8. The van der Waals surface area contributed by atoms with Crippen molar-refractivity contribution in [3.05, 3.63) is 40.4 Å². The van der Waals surface area contributed by atoms with E-state index in [9.17, 15) is 14.4 Å². The van der Waals surface area contributed by atoms with E-state index in [1.165, 1.54) is 11.1 Å². The van der Waals surface area contributed by atoms with Crippen molar-refractivity contribution in [1.29, 1.82) is 0 Å². The van der Waals surface area contributed by atoms with E-state index in [1.807, 2.05) is 6.92 Å². The molecule has 4 heterocycles. The van der Waals surface area contributed by atoms with Gasteiger partial charge in [-0.1, -0.05) is 20.8 Å². The molecule has 3 atom stereocenters. The van der Waals surface area contributed by atoms with E-state index in [1.54, 1.807) is 52.9 Å². The van der Waals surface area contributed by atoms with Crippen molar-refractivity contribution in [2.24, 2.45) is 5.41 Å². The number of aromatic nitrogens is 3. The van der Waals surface area contributed by atoms with Crippen molar-refractivity contribution in [2.75, 3.05) is 22.1 Å². The summed E-state index contributed by atoms with van der Waals surface area (Å²) in [7, 11) is 0. The Morgan fingerprint density at radius 1 is 1.26 bits per heavy atom. The Morgan fingerprint density at radius 2 is 2.00 bits per heavy atom. The van der Waals surface area contributed by atoms with E-state index in [2.05, 4.69) is 25.6 Å². The molecule has 3 N–H and O–H groups in total. The highest BCUT2D eigenvalue weighted by Gasteiger charge is 2.48. The number of fused-ring (bicyclic) bond motifs is 1. The second-order valence-electron chi connectivity index (χ2n) is 9.99. The van der Waals surface area contributed by atoms with Gasteiger partial charge in [-0.2, -0.15) is 4.98 Å². The minimum absolute atomic E-state index is 0.00153. The van der Waals surface area contributed by atoms with E-state index in [0.29, 0.717) is 5.56 Å². The van der Waals surface area contributed by atoms with Crippen molar-refractivity contribution in [3.63, 3.8) is 0 Å². The highest BCUT2D eigenvalue weighted by atomic mass is 16.8. The predicted octanol–water partition coefficient (Wildman–Crippen LogP) is 2.13. The topological polar surface area (TPSA) is 139 Å². The lowest BCUT2D eigenvalue weighted by Gasteiger charge is -2.39. The Kier molecular flexibility index (Phi) is 5.94. The summed E-state index contributed by atoms with van der Waals surface area (Å²) in [6, 6.07) is 2.72. The zero-order valence-electron chi connectivity index (χ0n) is 20.1. The summed E-state index contributed by atoms with van der Waals surface area (Å²) in [5.41, 5.74) is -0.901. The van der Waals surface area contributed by atoms with Crippen molar-refractivity contribution in [3.8, 4) is 0 Å². The number of amides is 2. The molecule has 1 fully saturated rings. The number of nitrogens with one attached hydrogen (secondary N) is 3. The minimum atomic E-state index is -0.834. The van der Waals surface area contributed by atoms with Crippen LogP contribution in [0, 0.1) is 5.41 Å². The first-order valence-electron chi connectivity index (χ1n) is 11.2. The quantitative estimate of drug-likeness (QED) is 0.620. The third-order valence-corrected chi connectivity index (χ3v) is 5.72. The Hall–Kier alpha value is -3.31. The second-order valence-corrected chi connectivity index (χ2v) is 9.99. The maximum absolute atomic E-state index is 13.7. The monoisotopic (exact) mass is 470 g/mol. The van der Waals surface area contributed by atoms with Gasteiger partial charge < -0.3 is 14.8 Å². The van der Waals surface area contributed by atoms with Crippen LogP contribution >= 0.6 is 0 Å². The van der Waals surface area contributed by atoms with Crippen LogP contribution in [0.25, 0.3) is 0 Å². The molecular weight excluding hydrogens is 440 g/mol. The van der Waals surface area contributed by atoms with Crippen LogP contribution in [0.1, 0.15) is 51.9 Å². The smallest absolute Gasteiger partial charge is 0.278 e. The molecule has 2 aliphatic rings. The van der Waals surface area contributed by atoms with Crippen molar-refractivity contribution >= 4 is 29.3 Å². The lowest BCUT2D eigenvalue weighted by Crippen LogP contribution is -2.57. The molecule has 182 valence electrons. The van der Waals surface area contributed by atoms with Gasteiger partial charge in [0.1, 0.15) is 6.10 Å².